The van der Waals surface area contributed by atoms with Crippen LogP contribution in [-0.4, -0.2) is 32.1 Å². The first-order chi connectivity index (χ1) is 17.3. The van der Waals surface area contributed by atoms with E-state index in [1.807, 2.05) is 70.2 Å². The molecule has 6 nitrogen and oxygen atoms in total. The van der Waals surface area contributed by atoms with Gasteiger partial charge in [0.2, 0.25) is 0 Å². The predicted molar refractivity (Wildman–Crippen MR) is 139 cm³/mol. The molecule has 1 heterocycles. The molecule has 2 aromatic rings. The van der Waals surface area contributed by atoms with Crippen molar-refractivity contribution in [3.8, 4) is 11.5 Å². The van der Waals surface area contributed by atoms with Crippen molar-refractivity contribution in [3.05, 3.63) is 81.7 Å². The lowest BCUT2D eigenvalue weighted by Crippen LogP contribution is -2.36. The number of hydrogen-bond donors (Lipinski definition) is 1. The third kappa shape index (κ3) is 4.90. The van der Waals surface area contributed by atoms with Gasteiger partial charge in [0.05, 0.1) is 25.9 Å². The number of rotatable bonds is 7. The molecule has 0 unspecified atom stereocenters. The van der Waals surface area contributed by atoms with E-state index < -0.39 is 5.92 Å². The average Bonchev–Trinajstić information content (AvgIpc) is 2.87. The number of Topliss-reactive ketones (excluding diaryl/α,β-unsaturated/α-hetero) is 1. The van der Waals surface area contributed by atoms with Crippen molar-refractivity contribution in [1.82, 2.24) is 5.32 Å². The van der Waals surface area contributed by atoms with Gasteiger partial charge in [-0.15, -0.1) is 0 Å². The van der Waals surface area contributed by atoms with Crippen molar-refractivity contribution in [1.29, 1.82) is 0 Å². The average molecular weight is 490 g/mol. The second-order valence-electron chi connectivity index (χ2n) is 9.67. The van der Waals surface area contributed by atoms with Gasteiger partial charge in [0.15, 0.2) is 17.3 Å². The van der Waals surface area contributed by atoms with Gasteiger partial charge in [-0.05, 0) is 62.8 Å². The molecule has 0 bridgehead atoms. The van der Waals surface area contributed by atoms with Crippen LogP contribution < -0.4 is 14.8 Å². The molecule has 1 aliphatic carbocycles. The molecule has 0 saturated heterocycles. The summed E-state index contributed by atoms with van der Waals surface area (Å²) in [7, 11) is 3.21. The molecule has 0 amide bonds. The van der Waals surface area contributed by atoms with Gasteiger partial charge < -0.3 is 19.5 Å². The first-order valence-electron chi connectivity index (χ1n) is 12.5. The highest BCUT2D eigenvalue weighted by molar-refractivity contribution is 6.04. The van der Waals surface area contributed by atoms with Gasteiger partial charge in [-0.3, -0.25) is 4.79 Å². The first-order valence-corrected chi connectivity index (χ1v) is 12.5. The van der Waals surface area contributed by atoms with E-state index in [-0.39, 0.29) is 23.8 Å². The molecule has 3 atom stereocenters. The van der Waals surface area contributed by atoms with Crippen LogP contribution in [-0.2, 0) is 14.3 Å². The number of carbonyl (C=O) groups is 2. The van der Waals surface area contributed by atoms with Gasteiger partial charge in [-0.2, -0.15) is 0 Å². The first kappa shape index (κ1) is 25.5. The van der Waals surface area contributed by atoms with Crippen LogP contribution in [0.5, 0.6) is 11.5 Å². The summed E-state index contributed by atoms with van der Waals surface area (Å²) in [6.45, 7) is 7.78. The van der Waals surface area contributed by atoms with Gasteiger partial charge in [0.1, 0.15) is 0 Å². The standard InChI is InChI=1S/C30H35NO5/c1-7-18(3)36-30(33)27-19(4)31-23-14-22(21-12-13-25(34-5)26(16-21)35-6)15-24(32)29(23)28(27)20-10-8-17(2)9-11-20/h8-13,16,18,22,28,31H,7,14-15H2,1-6H3/t18-,22-,28-/m1/s1. The molecule has 6 heteroatoms. The number of hydrogen-bond acceptors (Lipinski definition) is 6. The van der Waals surface area contributed by atoms with Crippen molar-refractivity contribution in [3.63, 3.8) is 0 Å². The largest absolute Gasteiger partial charge is 0.493 e. The molecule has 2 aromatic carbocycles. The molecule has 190 valence electrons. The minimum absolute atomic E-state index is 0.0105. The van der Waals surface area contributed by atoms with E-state index in [4.69, 9.17) is 14.2 Å². The van der Waals surface area contributed by atoms with Crippen molar-refractivity contribution in [2.24, 2.45) is 0 Å². The highest BCUT2D eigenvalue weighted by atomic mass is 16.5. The van der Waals surface area contributed by atoms with Crippen LogP contribution in [0, 0.1) is 6.92 Å². The maximum Gasteiger partial charge on any atom is 0.337 e. The summed E-state index contributed by atoms with van der Waals surface area (Å²) in [6, 6.07) is 13.9. The molecular formula is C30H35NO5. The number of ether oxygens (including phenoxy) is 3. The summed E-state index contributed by atoms with van der Waals surface area (Å²) in [5.74, 6) is 0.488. The number of carbonyl (C=O) groups excluding carboxylic acids is 2. The van der Waals surface area contributed by atoms with Gasteiger partial charge in [0.25, 0.3) is 0 Å². The number of dihydropyridines is 1. The van der Waals surface area contributed by atoms with Crippen LogP contribution in [0.3, 0.4) is 0 Å². The molecule has 1 aliphatic heterocycles. The second-order valence-corrected chi connectivity index (χ2v) is 9.67. The maximum absolute atomic E-state index is 13.8. The lowest BCUT2D eigenvalue weighted by Gasteiger charge is -2.37. The lowest BCUT2D eigenvalue weighted by molar-refractivity contribution is -0.144. The van der Waals surface area contributed by atoms with E-state index in [9.17, 15) is 9.59 Å². The molecule has 1 N–H and O–H groups in total. The Balaban J connectivity index is 1.76. The van der Waals surface area contributed by atoms with Crippen LogP contribution in [0.25, 0.3) is 0 Å². The summed E-state index contributed by atoms with van der Waals surface area (Å²) >= 11 is 0. The number of aryl methyl sites for hydroxylation is 1. The molecule has 0 spiro atoms. The van der Waals surface area contributed by atoms with Crippen LogP contribution in [0.15, 0.2) is 65.0 Å². The molecule has 0 fully saturated rings. The van der Waals surface area contributed by atoms with Crippen LogP contribution in [0.1, 0.15) is 68.6 Å². The summed E-state index contributed by atoms with van der Waals surface area (Å²) < 4.78 is 16.6. The van der Waals surface area contributed by atoms with Crippen molar-refractivity contribution >= 4 is 11.8 Å². The Bertz CT molecular complexity index is 1220. The fourth-order valence-corrected chi connectivity index (χ4v) is 5.07. The highest BCUT2D eigenvalue weighted by Crippen LogP contribution is 2.46. The fraction of sp³-hybridized carbons (Fsp3) is 0.400. The Hall–Kier alpha value is -3.54. The van der Waals surface area contributed by atoms with E-state index >= 15 is 0 Å². The topological polar surface area (TPSA) is 73.9 Å². The van der Waals surface area contributed by atoms with Gasteiger partial charge in [-0.25, -0.2) is 4.79 Å². The summed E-state index contributed by atoms with van der Waals surface area (Å²) in [5, 5.41) is 3.41. The van der Waals surface area contributed by atoms with Crippen LogP contribution in [0.2, 0.25) is 0 Å². The molecule has 0 saturated carbocycles. The smallest absolute Gasteiger partial charge is 0.337 e. The van der Waals surface area contributed by atoms with Crippen molar-refractivity contribution < 1.29 is 23.8 Å². The molecule has 2 aliphatic rings. The van der Waals surface area contributed by atoms with Crippen LogP contribution in [0.4, 0.5) is 0 Å². The molecule has 4 rings (SSSR count). The van der Waals surface area contributed by atoms with E-state index in [1.54, 1.807) is 14.2 Å². The summed E-state index contributed by atoms with van der Waals surface area (Å²) in [4.78, 5) is 27.1. The number of ketones is 1. The van der Waals surface area contributed by atoms with Crippen molar-refractivity contribution in [2.45, 2.75) is 64.9 Å². The Morgan fingerprint density at radius 2 is 1.67 bits per heavy atom. The molecule has 36 heavy (non-hydrogen) atoms. The minimum Gasteiger partial charge on any atom is -0.493 e. The Labute approximate surface area is 213 Å². The fourth-order valence-electron chi connectivity index (χ4n) is 5.07. The molecule has 0 radical (unpaired) electrons. The Kier molecular flexibility index (Phi) is 7.53. The third-order valence-electron chi connectivity index (χ3n) is 7.22. The summed E-state index contributed by atoms with van der Waals surface area (Å²) in [6.07, 6.45) is 1.53. The molecular weight excluding hydrogens is 454 g/mol. The number of nitrogens with one attached hydrogen (secondary N) is 1. The predicted octanol–water partition coefficient (Wildman–Crippen LogP) is 5.72. The molecule has 0 aromatic heterocycles. The monoisotopic (exact) mass is 489 g/mol. The van der Waals surface area contributed by atoms with E-state index in [1.165, 1.54) is 0 Å². The van der Waals surface area contributed by atoms with E-state index in [0.29, 0.717) is 35.5 Å². The Morgan fingerprint density at radius 1 is 1.00 bits per heavy atom. The van der Waals surface area contributed by atoms with Gasteiger partial charge in [0, 0.05) is 29.3 Å². The zero-order chi connectivity index (χ0) is 26.0. The SMILES string of the molecule is CC[C@@H](C)OC(=O)C1=C(C)NC2=C(C(=O)C[C@H](c3ccc(OC)c(OC)c3)C2)[C@@H]1c1ccc(C)cc1. The van der Waals surface area contributed by atoms with E-state index in [0.717, 1.165) is 34.5 Å². The van der Waals surface area contributed by atoms with Crippen molar-refractivity contribution in [2.75, 3.05) is 14.2 Å². The zero-order valence-electron chi connectivity index (χ0n) is 21.9. The number of esters is 1. The number of methoxy groups -OCH3 is 2. The van der Waals surface area contributed by atoms with Crippen LogP contribution >= 0.6 is 0 Å². The second kappa shape index (κ2) is 10.6. The number of benzene rings is 2. The van der Waals surface area contributed by atoms with E-state index in [2.05, 4.69) is 5.32 Å². The lowest BCUT2D eigenvalue weighted by atomic mass is 9.71. The quantitative estimate of drug-likeness (QED) is 0.502. The third-order valence-corrected chi connectivity index (χ3v) is 7.22. The minimum atomic E-state index is -0.461. The maximum atomic E-state index is 13.8. The van der Waals surface area contributed by atoms with Gasteiger partial charge in [-0.1, -0.05) is 42.8 Å². The van der Waals surface area contributed by atoms with Gasteiger partial charge >= 0.3 is 5.97 Å². The zero-order valence-corrected chi connectivity index (χ0v) is 21.9. The normalized spacial score (nSPS) is 20.4. The Morgan fingerprint density at radius 3 is 2.31 bits per heavy atom. The highest BCUT2D eigenvalue weighted by Gasteiger charge is 2.41. The summed E-state index contributed by atoms with van der Waals surface area (Å²) in [5.41, 5.74) is 5.83. The number of allylic oxidation sites excluding steroid dienone is 3.